The number of nitrogens with one attached hydrogen (secondary N) is 1. The number of carbonyl (C=O) groups excluding carboxylic acids is 2. The molecule has 0 heterocycles. The van der Waals surface area contributed by atoms with Crippen molar-refractivity contribution in [2.75, 3.05) is 27.9 Å². The summed E-state index contributed by atoms with van der Waals surface area (Å²) in [5.41, 5.74) is 0.279. The van der Waals surface area contributed by atoms with E-state index in [2.05, 4.69) is 5.32 Å². The highest BCUT2D eigenvalue weighted by molar-refractivity contribution is 5.89. The molecule has 7 heteroatoms. The lowest BCUT2D eigenvalue weighted by atomic mass is 10.1. The van der Waals surface area contributed by atoms with Gasteiger partial charge in [-0.05, 0) is 44.5 Å². The number of amides is 1. The van der Waals surface area contributed by atoms with Gasteiger partial charge in [-0.3, -0.25) is 4.79 Å². The highest BCUT2D eigenvalue weighted by Crippen LogP contribution is 2.38. The van der Waals surface area contributed by atoms with Crippen molar-refractivity contribution in [1.29, 1.82) is 0 Å². The quantitative estimate of drug-likeness (QED) is 0.599. The van der Waals surface area contributed by atoms with Gasteiger partial charge >= 0.3 is 5.97 Å². The van der Waals surface area contributed by atoms with Gasteiger partial charge in [-0.1, -0.05) is 0 Å². The van der Waals surface area contributed by atoms with Crippen molar-refractivity contribution in [3.05, 3.63) is 23.8 Å². The summed E-state index contributed by atoms with van der Waals surface area (Å²) in [6.07, 6.45) is 2.76. The predicted molar refractivity (Wildman–Crippen MR) is 94.0 cm³/mol. The number of carbonyl (C=O) groups is 2. The number of hydrogen-bond donors (Lipinski definition) is 1. The highest BCUT2D eigenvalue weighted by Gasteiger charge is 2.15. The largest absolute Gasteiger partial charge is 0.493 e. The van der Waals surface area contributed by atoms with Crippen LogP contribution >= 0.6 is 0 Å². The molecule has 0 bridgehead atoms. The molecule has 1 N–H and O–H groups in total. The molecule has 138 valence electrons. The average Bonchev–Trinajstić information content (AvgIpc) is 2.55. The Labute approximate surface area is 147 Å². The number of hydrogen-bond acceptors (Lipinski definition) is 6. The zero-order valence-electron chi connectivity index (χ0n) is 15.5. The van der Waals surface area contributed by atoms with Crippen LogP contribution in [-0.2, 0) is 14.3 Å². The molecule has 25 heavy (non-hydrogen) atoms. The zero-order valence-corrected chi connectivity index (χ0v) is 15.5. The molecule has 0 atom stereocenters. The van der Waals surface area contributed by atoms with Crippen LogP contribution in [0, 0.1) is 0 Å². The van der Waals surface area contributed by atoms with Gasteiger partial charge in [0, 0.05) is 11.6 Å². The predicted octanol–water partition coefficient (Wildman–Crippen LogP) is 2.18. The molecule has 0 radical (unpaired) electrons. The molecular weight excluding hydrogens is 326 g/mol. The number of rotatable bonds is 7. The summed E-state index contributed by atoms with van der Waals surface area (Å²) < 4.78 is 20.6. The lowest BCUT2D eigenvalue weighted by molar-refractivity contribution is -0.144. The van der Waals surface area contributed by atoms with Crippen LogP contribution in [0.3, 0.4) is 0 Å². The van der Waals surface area contributed by atoms with Crippen molar-refractivity contribution in [1.82, 2.24) is 5.32 Å². The first kappa shape index (κ1) is 20.3. The first-order valence-electron chi connectivity index (χ1n) is 7.66. The molecule has 0 aliphatic heterocycles. The van der Waals surface area contributed by atoms with Crippen LogP contribution in [0.5, 0.6) is 17.2 Å². The second-order valence-electron chi connectivity index (χ2n) is 6.20. The van der Waals surface area contributed by atoms with Crippen LogP contribution in [0.4, 0.5) is 0 Å². The molecule has 0 aromatic heterocycles. The first-order valence-corrected chi connectivity index (χ1v) is 7.66. The van der Waals surface area contributed by atoms with E-state index in [1.54, 1.807) is 12.1 Å². The second-order valence-corrected chi connectivity index (χ2v) is 6.20. The number of esters is 1. The summed E-state index contributed by atoms with van der Waals surface area (Å²) in [4.78, 5) is 23.4. The van der Waals surface area contributed by atoms with Crippen LogP contribution in [0.1, 0.15) is 26.3 Å². The van der Waals surface area contributed by atoms with E-state index in [1.165, 1.54) is 33.5 Å². The first-order chi connectivity index (χ1) is 11.7. The summed E-state index contributed by atoms with van der Waals surface area (Å²) in [5, 5.41) is 2.70. The minimum atomic E-state index is -0.627. The molecule has 0 aliphatic carbocycles. The highest BCUT2D eigenvalue weighted by atomic mass is 16.5. The monoisotopic (exact) mass is 351 g/mol. The molecule has 1 amide bonds. The maximum atomic E-state index is 11.7. The fourth-order valence-electron chi connectivity index (χ4n) is 2.00. The average molecular weight is 351 g/mol. The van der Waals surface area contributed by atoms with Gasteiger partial charge in [0.1, 0.15) is 0 Å². The summed E-state index contributed by atoms with van der Waals surface area (Å²) >= 11 is 0. The van der Waals surface area contributed by atoms with Crippen molar-refractivity contribution in [2.45, 2.75) is 26.3 Å². The van der Waals surface area contributed by atoms with E-state index in [0.717, 1.165) is 0 Å². The van der Waals surface area contributed by atoms with Crippen LogP contribution in [0.25, 0.3) is 6.08 Å². The molecule has 0 fully saturated rings. The standard InChI is InChI=1S/C18H25NO6/c1-18(2,3)19-15(20)11-25-16(21)8-7-12-9-13(22-4)17(24-6)14(10-12)23-5/h7-10H,11H2,1-6H3,(H,19,20)/b8-7+. The van der Waals surface area contributed by atoms with Gasteiger partial charge in [0.15, 0.2) is 18.1 Å². The third kappa shape index (κ3) is 6.74. The van der Waals surface area contributed by atoms with Gasteiger partial charge in [0.25, 0.3) is 5.91 Å². The van der Waals surface area contributed by atoms with E-state index < -0.39 is 5.97 Å². The van der Waals surface area contributed by atoms with Crippen molar-refractivity contribution >= 4 is 18.0 Å². The van der Waals surface area contributed by atoms with Crippen LogP contribution < -0.4 is 19.5 Å². The summed E-state index contributed by atoms with van der Waals surface area (Å²) in [6, 6.07) is 3.38. The van der Waals surface area contributed by atoms with Gasteiger partial charge in [-0.15, -0.1) is 0 Å². The molecule has 1 aromatic rings. The fourth-order valence-corrected chi connectivity index (χ4v) is 2.00. The van der Waals surface area contributed by atoms with E-state index in [4.69, 9.17) is 18.9 Å². The zero-order chi connectivity index (χ0) is 19.0. The summed E-state index contributed by atoms with van der Waals surface area (Å²) in [6.45, 7) is 5.20. The Balaban J connectivity index is 2.75. The Kier molecular flexibility index (Phi) is 7.29. The van der Waals surface area contributed by atoms with E-state index in [-0.39, 0.29) is 18.1 Å². The molecule has 0 saturated heterocycles. The number of methoxy groups -OCH3 is 3. The minimum Gasteiger partial charge on any atom is -0.493 e. The van der Waals surface area contributed by atoms with Gasteiger partial charge in [-0.2, -0.15) is 0 Å². The molecule has 1 aromatic carbocycles. The van der Waals surface area contributed by atoms with Crippen LogP contribution in [0.2, 0.25) is 0 Å². The van der Waals surface area contributed by atoms with Gasteiger partial charge in [0.2, 0.25) is 5.75 Å². The van der Waals surface area contributed by atoms with Crippen LogP contribution in [-0.4, -0.2) is 45.4 Å². The van der Waals surface area contributed by atoms with Gasteiger partial charge in [-0.25, -0.2) is 4.79 Å². The van der Waals surface area contributed by atoms with E-state index >= 15 is 0 Å². The second kappa shape index (κ2) is 8.96. The third-order valence-electron chi connectivity index (χ3n) is 2.96. The number of benzene rings is 1. The Morgan fingerprint density at radius 3 is 2.04 bits per heavy atom. The Bertz CT molecular complexity index is 620. The minimum absolute atomic E-state index is 0.338. The van der Waals surface area contributed by atoms with Crippen molar-refractivity contribution in [3.8, 4) is 17.2 Å². The van der Waals surface area contributed by atoms with Crippen molar-refractivity contribution < 1.29 is 28.5 Å². The van der Waals surface area contributed by atoms with Gasteiger partial charge < -0.3 is 24.3 Å². The van der Waals surface area contributed by atoms with E-state index in [1.807, 2.05) is 20.8 Å². The fraction of sp³-hybridized carbons (Fsp3) is 0.444. The molecule has 7 nitrogen and oxygen atoms in total. The third-order valence-corrected chi connectivity index (χ3v) is 2.96. The lowest BCUT2D eigenvalue weighted by Gasteiger charge is -2.20. The summed E-state index contributed by atoms with van der Waals surface area (Å²) in [7, 11) is 4.52. The maximum Gasteiger partial charge on any atom is 0.331 e. The molecule has 0 saturated carbocycles. The Morgan fingerprint density at radius 1 is 1.04 bits per heavy atom. The van der Waals surface area contributed by atoms with Crippen molar-refractivity contribution in [3.63, 3.8) is 0 Å². The van der Waals surface area contributed by atoms with E-state index in [0.29, 0.717) is 22.8 Å². The van der Waals surface area contributed by atoms with Gasteiger partial charge in [0.05, 0.1) is 21.3 Å². The van der Waals surface area contributed by atoms with Crippen molar-refractivity contribution in [2.24, 2.45) is 0 Å². The Hall–Kier alpha value is -2.70. The molecule has 0 aliphatic rings. The van der Waals surface area contributed by atoms with E-state index in [9.17, 15) is 9.59 Å². The SMILES string of the molecule is COc1cc(/C=C/C(=O)OCC(=O)NC(C)(C)C)cc(OC)c1OC. The van der Waals surface area contributed by atoms with Crippen LogP contribution in [0.15, 0.2) is 18.2 Å². The number of ether oxygens (including phenoxy) is 4. The Morgan fingerprint density at radius 2 is 1.60 bits per heavy atom. The smallest absolute Gasteiger partial charge is 0.331 e. The topological polar surface area (TPSA) is 83.1 Å². The molecular formula is C18H25NO6. The lowest BCUT2D eigenvalue weighted by Crippen LogP contribution is -2.42. The molecule has 0 unspecified atom stereocenters. The summed E-state index contributed by atoms with van der Waals surface area (Å²) in [5.74, 6) is 0.419. The maximum absolute atomic E-state index is 11.7. The normalized spacial score (nSPS) is 11.1. The molecule has 0 spiro atoms. The molecule has 1 rings (SSSR count).